The van der Waals surface area contributed by atoms with Gasteiger partial charge in [-0.25, -0.2) is 0 Å². The molecule has 0 spiro atoms. The van der Waals surface area contributed by atoms with E-state index in [4.69, 9.17) is 4.74 Å². The van der Waals surface area contributed by atoms with Crippen molar-refractivity contribution < 1.29 is 14.3 Å². The minimum atomic E-state index is -0.339. The van der Waals surface area contributed by atoms with Crippen LogP contribution in [-0.4, -0.2) is 24.5 Å². The molecule has 2 N–H and O–H groups in total. The van der Waals surface area contributed by atoms with Crippen LogP contribution in [0.25, 0.3) is 0 Å². The van der Waals surface area contributed by atoms with Crippen LogP contribution < -0.4 is 10.6 Å². The Morgan fingerprint density at radius 2 is 1.83 bits per heavy atom. The van der Waals surface area contributed by atoms with Gasteiger partial charge < -0.3 is 15.4 Å². The largest absolute Gasteiger partial charge is 0.368 e. The van der Waals surface area contributed by atoms with Crippen LogP contribution in [0, 0.1) is 5.92 Å². The average molecular weight is 314 g/mol. The highest BCUT2D eigenvalue weighted by Gasteiger charge is 2.23. The molecule has 2 atom stereocenters. The van der Waals surface area contributed by atoms with Crippen molar-refractivity contribution >= 4 is 23.2 Å². The van der Waals surface area contributed by atoms with E-state index < -0.39 is 0 Å². The lowest BCUT2D eigenvalue weighted by atomic mass is 10.1. The molecule has 0 bridgehead atoms. The van der Waals surface area contributed by atoms with Crippen LogP contribution in [0.2, 0.25) is 0 Å². The molecule has 1 heterocycles. The van der Waals surface area contributed by atoms with E-state index in [1.54, 1.807) is 24.3 Å². The van der Waals surface area contributed by atoms with E-state index in [0.717, 1.165) is 31.4 Å². The molecular weight excluding hydrogens is 292 g/mol. The number of carbonyl (C=O) groups is 2. The summed E-state index contributed by atoms with van der Waals surface area (Å²) in [7, 11) is 0. The average Bonchev–Trinajstić information content (AvgIpc) is 3.22. The molecule has 0 unspecified atom stereocenters. The molecule has 0 radical (unpaired) electrons. The molecule has 23 heavy (non-hydrogen) atoms. The Bertz CT molecular complexity index is 589. The molecule has 1 aliphatic carbocycles. The summed E-state index contributed by atoms with van der Waals surface area (Å²) in [6, 6.07) is 7.18. The fourth-order valence-electron chi connectivity index (χ4n) is 2.96. The predicted octanol–water partition coefficient (Wildman–Crippen LogP) is 3.10. The zero-order valence-corrected chi connectivity index (χ0v) is 13.1. The first-order chi connectivity index (χ1) is 11.2. The van der Waals surface area contributed by atoms with Crippen LogP contribution in [0.15, 0.2) is 36.4 Å². The summed E-state index contributed by atoms with van der Waals surface area (Å²) in [6.45, 7) is 0.652. The van der Waals surface area contributed by atoms with Gasteiger partial charge in [-0.2, -0.15) is 0 Å². The first-order valence-corrected chi connectivity index (χ1v) is 8.20. The number of benzene rings is 1. The molecule has 1 aliphatic heterocycles. The van der Waals surface area contributed by atoms with Gasteiger partial charge in [0.15, 0.2) is 0 Å². The number of hydrogen-bond donors (Lipinski definition) is 2. The van der Waals surface area contributed by atoms with Crippen molar-refractivity contribution in [2.75, 3.05) is 17.2 Å². The first-order valence-electron chi connectivity index (χ1n) is 8.20. The van der Waals surface area contributed by atoms with Gasteiger partial charge in [0, 0.05) is 24.4 Å². The Morgan fingerprint density at radius 3 is 2.43 bits per heavy atom. The van der Waals surface area contributed by atoms with E-state index in [2.05, 4.69) is 22.8 Å². The smallest absolute Gasteiger partial charge is 0.253 e. The van der Waals surface area contributed by atoms with Crippen molar-refractivity contribution in [3.8, 4) is 0 Å². The topological polar surface area (TPSA) is 67.4 Å². The number of allylic oxidation sites excluding steroid dienone is 2. The Hall–Kier alpha value is -2.14. The van der Waals surface area contributed by atoms with E-state index in [1.807, 2.05) is 0 Å². The third kappa shape index (κ3) is 4.42. The van der Waals surface area contributed by atoms with Crippen LogP contribution >= 0.6 is 0 Å². The van der Waals surface area contributed by atoms with E-state index in [1.165, 1.54) is 0 Å². The van der Waals surface area contributed by atoms with Gasteiger partial charge in [0.2, 0.25) is 5.91 Å². The maximum absolute atomic E-state index is 12.0. The zero-order valence-electron chi connectivity index (χ0n) is 13.1. The number of nitrogens with one attached hydrogen (secondary N) is 2. The number of carbonyl (C=O) groups excluding carboxylic acids is 2. The van der Waals surface area contributed by atoms with Gasteiger partial charge in [-0.3, -0.25) is 9.59 Å². The fraction of sp³-hybridized carbons (Fsp3) is 0.444. The maximum Gasteiger partial charge on any atom is 0.253 e. The molecule has 2 aliphatic rings. The molecular formula is C18H22N2O3. The molecule has 1 saturated heterocycles. The van der Waals surface area contributed by atoms with Crippen molar-refractivity contribution in [2.45, 2.75) is 38.2 Å². The number of anilines is 2. The van der Waals surface area contributed by atoms with Crippen molar-refractivity contribution in [3.63, 3.8) is 0 Å². The molecule has 5 heteroatoms. The molecule has 3 rings (SSSR count). The third-order valence-corrected chi connectivity index (χ3v) is 4.22. The quantitative estimate of drug-likeness (QED) is 0.821. The van der Waals surface area contributed by atoms with Gasteiger partial charge in [-0.15, -0.1) is 0 Å². The second kappa shape index (κ2) is 7.42. The van der Waals surface area contributed by atoms with Crippen LogP contribution in [0.4, 0.5) is 11.4 Å². The van der Waals surface area contributed by atoms with Crippen molar-refractivity contribution in [2.24, 2.45) is 5.92 Å². The standard InChI is InChI=1S/C18H22N2O3/c21-17(12-13-4-1-2-5-13)19-14-7-9-15(10-8-14)20-18(22)16-6-3-11-23-16/h1,4,7-10,13,16H,2-3,5-6,11-12H2,(H,19,21)(H,20,22)/t13-,16+/m0/s1. The van der Waals surface area contributed by atoms with Gasteiger partial charge in [0.05, 0.1) is 0 Å². The van der Waals surface area contributed by atoms with E-state index >= 15 is 0 Å². The lowest BCUT2D eigenvalue weighted by Gasteiger charge is -2.12. The fourth-order valence-corrected chi connectivity index (χ4v) is 2.96. The highest BCUT2D eigenvalue weighted by Crippen LogP contribution is 2.22. The normalized spacial score (nSPS) is 23.0. The van der Waals surface area contributed by atoms with Gasteiger partial charge in [-0.05, 0) is 55.9 Å². The minimum absolute atomic E-state index is 0.0256. The molecule has 5 nitrogen and oxygen atoms in total. The number of ether oxygens (including phenoxy) is 1. The number of rotatable bonds is 5. The van der Waals surface area contributed by atoms with Crippen LogP contribution in [0.3, 0.4) is 0 Å². The van der Waals surface area contributed by atoms with Crippen molar-refractivity contribution in [3.05, 3.63) is 36.4 Å². The van der Waals surface area contributed by atoms with Crippen molar-refractivity contribution in [1.29, 1.82) is 0 Å². The Morgan fingerprint density at radius 1 is 1.09 bits per heavy atom. The molecule has 1 aromatic carbocycles. The molecule has 1 aromatic rings. The Kier molecular flexibility index (Phi) is 5.08. The zero-order chi connectivity index (χ0) is 16.1. The molecule has 2 amide bonds. The molecule has 0 saturated carbocycles. The predicted molar refractivity (Wildman–Crippen MR) is 89.2 cm³/mol. The van der Waals surface area contributed by atoms with E-state index in [9.17, 15) is 9.59 Å². The van der Waals surface area contributed by atoms with Gasteiger partial charge in [-0.1, -0.05) is 12.2 Å². The van der Waals surface area contributed by atoms with E-state index in [-0.39, 0.29) is 17.9 Å². The summed E-state index contributed by atoms with van der Waals surface area (Å²) in [5, 5.41) is 5.73. The highest BCUT2D eigenvalue weighted by atomic mass is 16.5. The second-order valence-corrected chi connectivity index (χ2v) is 6.09. The molecule has 0 aromatic heterocycles. The number of hydrogen-bond acceptors (Lipinski definition) is 3. The third-order valence-electron chi connectivity index (χ3n) is 4.22. The van der Waals surface area contributed by atoms with Gasteiger partial charge >= 0.3 is 0 Å². The lowest BCUT2D eigenvalue weighted by Crippen LogP contribution is -2.26. The van der Waals surface area contributed by atoms with Crippen molar-refractivity contribution in [1.82, 2.24) is 0 Å². The van der Waals surface area contributed by atoms with Crippen LogP contribution in [0.1, 0.15) is 32.1 Å². The molecule has 1 fully saturated rings. The van der Waals surface area contributed by atoms with E-state index in [0.29, 0.717) is 24.6 Å². The number of amides is 2. The molecule has 122 valence electrons. The summed E-state index contributed by atoms with van der Waals surface area (Å²) in [5.41, 5.74) is 1.45. The summed E-state index contributed by atoms with van der Waals surface area (Å²) < 4.78 is 5.35. The Balaban J connectivity index is 1.49. The summed E-state index contributed by atoms with van der Waals surface area (Å²) >= 11 is 0. The van der Waals surface area contributed by atoms with Crippen LogP contribution in [-0.2, 0) is 14.3 Å². The lowest BCUT2D eigenvalue weighted by molar-refractivity contribution is -0.124. The maximum atomic E-state index is 12.0. The second-order valence-electron chi connectivity index (χ2n) is 6.09. The van der Waals surface area contributed by atoms with Gasteiger partial charge in [0.25, 0.3) is 5.91 Å². The van der Waals surface area contributed by atoms with Gasteiger partial charge in [0.1, 0.15) is 6.10 Å². The summed E-state index contributed by atoms with van der Waals surface area (Å²) in [4.78, 5) is 23.9. The minimum Gasteiger partial charge on any atom is -0.368 e. The SMILES string of the molecule is O=C(C[C@H]1C=CCC1)Nc1ccc(NC(=O)[C@H]2CCCO2)cc1. The summed E-state index contributed by atoms with van der Waals surface area (Å²) in [5.74, 6) is 0.282. The highest BCUT2D eigenvalue weighted by molar-refractivity contribution is 5.95. The first kappa shape index (κ1) is 15.7. The Labute approximate surface area is 136 Å². The van der Waals surface area contributed by atoms with Crippen LogP contribution in [0.5, 0.6) is 0 Å². The summed E-state index contributed by atoms with van der Waals surface area (Å²) in [6.07, 6.45) is 8.25. The monoisotopic (exact) mass is 314 g/mol.